The van der Waals surface area contributed by atoms with E-state index in [1.807, 2.05) is 17.0 Å². The number of carbonyl (C=O) groups is 1. The molecule has 98 valence electrons. The van der Waals surface area contributed by atoms with Gasteiger partial charge in [-0.2, -0.15) is 0 Å². The number of aliphatic carboxylic acids is 1. The molecule has 2 rings (SSSR count). The van der Waals surface area contributed by atoms with Crippen molar-refractivity contribution in [2.75, 3.05) is 19.7 Å². The van der Waals surface area contributed by atoms with Gasteiger partial charge in [0.1, 0.15) is 18.4 Å². The maximum Gasteiger partial charge on any atom is 0.320 e. The third-order valence-electron chi connectivity index (χ3n) is 3.09. The normalized spacial score (nSPS) is 19.9. The molecule has 0 aromatic heterocycles. The summed E-state index contributed by atoms with van der Waals surface area (Å²) >= 11 is 5.85. The van der Waals surface area contributed by atoms with Crippen LogP contribution in [0, 0.1) is 0 Å². The molecular weight excluding hydrogens is 254 g/mol. The molecule has 1 atom stereocenters. The van der Waals surface area contributed by atoms with Crippen molar-refractivity contribution in [3.05, 3.63) is 29.3 Å². The van der Waals surface area contributed by atoms with E-state index >= 15 is 0 Å². The summed E-state index contributed by atoms with van der Waals surface area (Å²) in [6.07, 6.45) is 1.67. The lowest BCUT2D eigenvalue weighted by atomic mass is 10.2. The highest BCUT2D eigenvalue weighted by molar-refractivity contribution is 6.30. The van der Waals surface area contributed by atoms with Crippen LogP contribution in [0.3, 0.4) is 0 Å². The number of ether oxygens (including phenoxy) is 1. The quantitative estimate of drug-likeness (QED) is 0.891. The molecule has 1 saturated heterocycles. The van der Waals surface area contributed by atoms with Gasteiger partial charge in [0.05, 0.1) is 0 Å². The average molecular weight is 270 g/mol. The Hall–Kier alpha value is -1.26. The van der Waals surface area contributed by atoms with Gasteiger partial charge in [-0.15, -0.1) is 0 Å². The fraction of sp³-hybridized carbons (Fsp3) is 0.462. The third-order valence-corrected chi connectivity index (χ3v) is 3.33. The number of hydrogen-bond donors (Lipinski definition) is 1. The molecule has 1 aromatic carbocycles. The van der Waals surface area contributed by atoms with Gasteiger partial charge in [0.15, 0.2) is 0 Å². The number of likely N-dealkylation sites (tertiary alicyclic amines) is 1. The van der Waals surface area contributed by atoms with Crippen molar-refractivity contribution in [1.82, 2.24) is 4.90 Å². The SMILES string of the molecule is O=C(O)[C@@H]1CCCN1CCOc1cccc(Cl)c1. The van der Waals surface area contributed by atoms with E-state index in [0.717, 1.165) is 19.4 Å². The van der Waals surface area contributed by atoms with Gasteiger partial charge in [-0.3, -0.25) is 9.69 Å². The summed E-state index contributed by atoms with van der Waals surface area (Å²) in [5.74, 6) is -0.0242. The average Bonchev–Trinajstić information content (AvgIpc) is 2.77. The Morgan fingerprint density at radius 1 is 1.56 bits per heavy atom. The van der Waals surface area contributed by atoms with Crippen LogP contribution in [0.1, 0.15) is 12.8 Å². The summed E-state index contributed by atoms with van der Waals surface area (Å²) in [4.78, 5) is 12.9. The highest BCUT2D eigenvalue weighted by Gasteiger charge is 2.29. The van der Waals surface area contributed by atoms with E-state index in [2.05, 4.69) is 0 Å². The highest BCUT2D eigenvalue weighted by Crippen LogP contribution is 2.19. The zero-order valence-corrected chi connectivity index (χ0v) is 10.8. The Morgan fingerprint density at radius 2 is 2.39 bits per heavy atom. The van der Waals surface area contributed by atoms with Crippen LogP contribution in [-0.2, 0) is 4.79 Å². The van der Waals surface area contributed by atoms with Crippen LogP contribution >= 0.6 is 11.6 Å². The molecule has 0 bridgehead atoms. The Balaban J connectivity index is 1.80. The third kappa shape index (κ3) is 3.37. The smallest absolute Gasteiger partial charge is 0.320 e. The van der Waals surface area contributed by atoms with Crippen molar-refractivity contribution in [2.24, 2.45) is 0 Å². The van der Waals surface area contributed by atoms with E-state index in [4.69, 9.17) is 21.4 Å². The van der Waals surface area contributed by atoms with Crippen molar-refractivity contribution < 1.29 is 14.6 Å². The zero-order valence-electron chi connectivity index (χ0n) is 10.0. The van der Waals surface area contributed by atoms with E-state index < -0.39 is 5.97 Å². The lowest BCUT2D eigenvalue weighted by molar-refractivity contribution is -0.142. The fourth-order valence-corrected chi connectivity index (χ4v) is 2.39. The van der Waals surface area contributed by atoms with Gasteiger partial charge in [0.25, 0.3) is 0 Å². The first-order valence-electron chi connectivity index (χ1n) is 6.02. The predicted molar refractivity (Wildman–Crippen MR) is 69.2 cm³/mol. The maximum atomic E-state index is 11.0. The molecule has 0 radical (unpaired) electrons. The van der Waals surface area contributed by atoms with Gasteiger partial charge >= 0.3 is 5.97 Å². The van der Waals surface area contributed by atoms with Crippen LogP contribution in [0.5, 0.6) is 5.75 Å². The topological polar surface area (TPSA) is 49.8 Å². The Labute approximate surface area is 111 Å². The predicted octanol–water partition coefficient (Wildman–Crippen LogP) is 2.27. The molecule has 18 heavy (non-hydrogen) atoms. The molecule has 0 spiro atoms. The van der Waals surface area contributed by atoms with Crippen LogP contribution in [0.4, 0.5) is 0 Å². The second-order valence-corrected chi connectivity index (χ2v) is 4.77. The minimum atomic E-state index is -0.741. The second kappa shape index (κ2) is 6.07. The summed E-state index contributed by atoms with van der Waals surface area (Å²) in [7, 11) is 0. The molecule has 4 nitrogen and oxygen atoms in total. The van der Waals surface area contributed by atoms with Gasteiger partial charge in [0.2, 0.25) is 0 Å². The first-order chi connectivity index (χ1) is 8.66. The summed E-state index contributed by atoms with van der Waals surface area (Å²) < 4.78 is 5.56. The molecular formula is C13H16ClNO3. The summed E-state index contributed by atoms with van der Waals surface area (Å²) in [5, 5.41) is 9.67. The molecule has 0 unspecified atom stereocenters. The molecule has 0 aliphatic carbocycles. The van der Waals surface area contributed by atoms with E-state index in [-0.39, 0.29) is 6.04 Å². The van der Waals surface area contributed by atoms with E-state index in [9.17, 15) is 4.79 Å². The first kappa shape index (κ1) is 13.2. The van der Waals surface area contributed by atoms with Crippen molar-refractivity contribution in [2.45, 2.75) is 18.9 Å². The monoisotopic (exact) mass is 269 g/mol. The summed E-state index contributed by atoms with van der Waals surface area (Å²) in [6.45, 7) is 1.93. The Bertz CT molecular complexity index is 424. The van der Waals surface area contributed by atoms with E-state index in [0.29, 0.717) is 23.9 Å². The van der Waals surface area contributed by atoms with Crippen LogP contribution in [0.15, 0.2) is 24.3 Å². The van der Waals surface area contributed by atoms with Gasteiger partial charge in [-0.05, 0) is 37.6 Å². The number of hydrogen-bond acceptors (Lipinski definition) is 3. The molecule has 1 fully saturated rings. The fourth-order valence-electron chi connectivity index (χ4n) is 2.21. The zero-order chi connectivity index (χ0) is 13.0. The van der Waals surface area contributed by atoms with Gasteiger partial charge in [-0.1, -0.05) is 17.7 Å². The number of carboxylic acids is 1. The minimum Gasteiger partial charge on any atom is -0.492 e. The summed E-state index contributed by atoms with van der Waals surface area (Å²) in [6, 6.07) is 6.85. The molecule has 1 heterocycles. The van der Waals surface area contributed by atoms with Gasteiger partial charge in [0, 0.05) is 11.6 Å². The maximum absolute atomic E-state index is 11.0. The molecule has 1 aromatic rings. The summed E-state index contributed by atoms with van der Waals surface area (Å²) in [5.41, 5.74) is 0. The van der Waals surface area contributed by atoms with Crippen molar-refractivity contribution >= 4 is 17.6 Å². The molecule has 0 amide bonds. The molecule has 1 aliphatic heterocycles. The molecule has 1 aliphatic rings. The van der Waals surface area contributed by atoms with Crippen LogP contribution in [-0.4, -0.2) is 41.7 Å². The standard InChI is InChI=1S/C13H16ClNO3/c14-10-3-1-4-11(9-10)18-8-7-15-6-2-5-12(15)13(16)17/h1,3-4,9,12H,2,5-8H2,(H,16,17)/t12-/m0/s1. The highest BCUT2D eigenvalue weighted by atomic mass is 35.5. The van der Waals surface area contributed by atoms with Gasteiger partial charge in [-0.25, -0.2) is 0 Å². The lowest BCUT2D eigenvalue weighted by Gasteiger charge is -2.20. The largest absolute Gasteiger partial charge is 0.492 e. The van der Waals surface area contributed by atoms with Crippen molar-refractivity contribution in [3.8, 4) is 5.75 Å². The second-order valence-electron chi connectivity index (χ2n) is 4.34. The Kier molecular flexibility index (Phi) is 4.44. The number of carboxylic acid groups (broad SMARTS) is 1. The Morgan fingerprint density at radius 3 is 3.11 bits per heavy atom. The first-order valence-corrected chi connectivity index (χ1v) is 6.40. The number of halogens is 1. The van der Waals surface area contributed by atoms with Gasteiger partial charge < -0.3 is 9.84 Å². The lowest BCUT2D eigenvalue weighted by Crippen LogP contribution is -2.38. The molecule has 1 N–H and O–H groups in total. The molecule has 5 heteroatoms. The van der Waals surface area contributed by atoms with E-state index in [1.54, 1.807) is 12.1 Å². The van der Waals surface area contributed by atoms with Crippen LogP contribution < -0.4 is 4.74 Å². The number of rotatable bonds is 5. The van der Waals surface area contributed by atoms with Crippen molar-refractivity contribution in [1.29, 1.82) is 0 Å². The minimum absolute atomic E-state index is 0.354. The number of nitrogens with zero attached hydrogens (tertiary/aromatic N) is 1. The van der Waals surface area contributed by atoms with E-state index in [1.165, 1.54) is 0 Å². The van der Waals surface area contributed by atoms with Crippen LogP contribution in [0.25, 0.3) is 0 Å². The van der Waals surface area contributed by atoms with Crippen LogP contribution in [0.2, 0.25) is 5.02 Å². The van der Waals surface area contributed by atoms with Crippen molar-refractivity contribution in [3.63, 3.8) is 0 Å². The molecule has 0 saturated carbocycles. The number of benzene rings is 1.